The Morgan fingerprint density at radius 2 is 2.04 bits per heavy atom. The van der Waals surface area contributed by atoms with Gasteiger partial charge in [-0.3, -0.25) is 4.98 Å². The zero-order valence-corrected chi connectivity index (χ0v) is 15.4. The Morgan fingerprint density at radius 1 is 1.29 bits per heavy atom. The van der Waals surface area contributed by atoms with Gasteiger partial charge in [-0.15, -0.1) is 11.3 Å². The van der Waals surface area contributed by atoms with Crippen LogP contribution in [0.15, 0.2) is 30.5 Å². The lowest BCUT2D eigenvalue weighted by Crippen LogP contribution is -2.30. The number of hydrogen-bond donors (Lipinski definition) is 0. The molecule has 3 aromatic rings. The largest absolute Gasteiger partial charge is 0.467 e. The highest BCUT2D eigenvalue weighted by Gasteiger charge is 2.31. The number of benzene rings is 1. The van der Waals surface area contributed by atoms with Crippen LogP contribution in [0.4, 0.5) is 0 Å². The molecule has 2 aromatic heterocycles. The van der Waals surface area contributed by atoms with E-state index in [0.29, 0.717) is 0 Å². The third-order valence-electron chi connectivity index (χ3n) is 3.84. The van der Waals surface area contributed by atoms with E-state index < -0.39 is 11.7 Å². The third-order valence-corrected chi connectivity index (χ3v) is 5.14. The minimum Gasteiger partial charge on any atom is -0.467 e. The summed E-state index contributed by atoms with van der Waals surface area (Å²) in [7, 11) is 3.42. The van der Waals surface area contributed by atoms with Gasteiger partial charge in [0.25, 0.3) is 0 Å². The maximum absolute atomic E-state index is 12.3. The molecule has 0 aliphatic heterocycles. The zero-order valence-electron chi connectivity index (χ0n) is 14.5. The highest BCUT2D eigenvalue weighted by atomic mass is 32.1. The predicted molar refractivity (Wildman–Crippen MR) is 101 cm³/mol. The summed E-state index contributed by atoms with van der Waals surface area (Å²) in [5.74, 6) is -0.373. The first-order chi connectivity index (χ1) is 11.3. The number of esters is 1. The Hall–Kier alpha value is -1.92. The van der Waals surface area contributed by atoms with Crippen molar-refractivity contribution in [1.82, 2.24) is 4.98 Å². The van der Waals surface area contributed by atoms with E-state index in [4.69, 9.17) is 9.47 Å². The maximum Gasteiger partial charge on any atom is 0.340 e. The number of pyridine rings is 1. The summed E-state index contributed by atoms with van der Waals surface area (Å²) in [4.78, 5) is 17.6. The highest BCUT2D eigenvalue weighted by Crippen LogP contribution is 2.35. The SMILES string of the molecule is Bc1c(C(OC(C)(C)C)C(=O)OC)sc2ccc3ncccc3c12. The van der Waals surface area contributed by atoms with Gasteiger partial charge in [-0.25, -0.2) is 4.79 Å². The number of aromatic nitrogens is 1. The molecule has 4 nitrogen and oxygen atoms in total. The molecule has 0 saturated carbocycles. The van der Waals surface area contributed by atoms with Gasteiger partial charge < -0.3 is 9.47 Å². The molecule has 1 atom stereocenters. The van der Waals surface area contributed by atoms with Gasteiger partial charge >= 0.3 is 5.97 Å². The summed E-state index contributed by atoms with van der Waals surface area (Å²) in [5.41, 5.74) is 1.54. The lowest BCUT2D eigenvalue weighted by molar-refractivity contribution is -0.163. The molecule has 1 unspecified atom stereocenters. The fraction of sp³-hybridized carbons (Fsp3) is 0.333. The molecule has 1 aromatic carbocycles. The number of fused-ring (bicyclic) bond motifs is 3. The Balaban J connectivity index is 2.22. The van der Waals surface area contributed by atoms with Crippen LogP contribution in [0.25, 0.3) is 21.0 Å². The second-order valence-corrected chi connectivity index (χ2v) is 7.82. The first-order valence-corrected chi connectivity index (χ1v) is 8.66. The van der Waals surface area contributed by atoms with Crippen LogP contribution in [0.1, 0.15) is 31.8 Å². The smallest absolute Gasteiger partial charge is 0.340 e. The summed E-state index contributed by atoms with van der Waals surface area (Å²) < 4.78 is 12.1. The number of ether oxygens (including phenoxy) is 2. The van der Waals surface area contributed by atoms with Gasteiger partial charge in [-0.05, 0) is 44.4 Å². The number of carbonyl (C=O) groups excluding carboxylic acids is 1. The van der Waals surface area contributed by atoms with Crippen LogP contribution in [0, 0.1) is 0 Å². The van der Waals surface area contributed by atoms with Crippen molar-refractivity contribution in [1.29, 1.82) is 0 Å². The van der Waals surface area contributed by atoms with Crippen LogP contribution in [-0.2, 0) is 14.3 Å². The van der Waals surface area contributed by atoms with Crippen molar-refractivity contribution in [3.63, 3.8) is 0 Å². The van der Waals surface area contributed by atoms with E-state index in [1.165, 1.54) is 7.11 Å². The molecule has 0 spiro atoms. The highest BCUT2D eigenvalue weighted by molar-refractivity contribution is 7.20. The van der Waals surface area contributed by atoms with E-state index in [1.54, 1.807) is 17.5 Å². The van der Waals surface area contributed by atoms with Crippen molar-refractivity contribution in [3.8, 4) is 0 Å². The van der Waals surface area contributed by atoms with Crippen LogP contribution >= 0.6 is 11.3 Å². The van der Waals surface area contributed by atoms with E-state index >= 15 is 0 Å². The monoisotopic (exact) mass is 341 g/mol. The van der Waals surface area contributed by atoms with Gasteiger partial charge in [0.05, 0.1) is 18.2 Å². The average Bonchev–Trinajstić information content (AvgIpc) is 2.88. The molecule has 0 N–H and O–H groups in total. The molecular weight excluding hydrogens is 321 g/mol. The molecule has 6 heteroatoms. The van der Waals surface area contributed by atoms with Crippen molar-refractivity contribution in [2.75, 3.05) is 7.11 Å². The molecule has 0 aliphatic carbocycles. The molecule has 0 fully saturated rings. The Labute approximate surface area is 146 Å². The molecule has 24 heavy (non-hydrogen) atoms. The van der Waals surface area contributed by atoms with Crippen molar-refractivity contribution in [2.45, 2.75) is 32.5 Å². The van der Waals surface area contributed by atoms with E-state index in [9.17, 15) is 4.79 Å². The summed E-state index contributed by atoms with van der Waals surface area (Å²) in [6.07, 6.45) is 1.07. The van der Waals surface area contributed by atoms with E-state index in [1.807, 2.05) is 40.8 Å². The van der Waals surface area contributed by atoms with Crippen LogP contribution in [-0.4, -0.2) is 31.5 Å². The molecule has 0 radical (unpaired) electrons. The van der Waals surface area contributed by atoms with E-state index in [2.05, 4.69) is 17.1 Å². The Bertz CT molecular complexity index is 914. The molecule has 2 heterocycles. The third kappa shape index (κ3) is 3.04. The minimum absolute atomic E-state index is 0.373. The van der Waals surface area contributed by atoms with Crippen LogP contribution < -0.4 is 5.46 Å². The normalized spacial score (nSPS) is 13.3. The van der Waals surface area contributed by atoms with E-state index in [-0.39, 0.29) is 5.97 Å². The van der Waals surface area contributed by atoms with Gasteiger partial charge in [0, 0.05) is 21.2 Å². The van der Waals surface area contributed by atoms with Crippen molar-refractivity contribution >= 4 is 51.6 Å². The summed E-state index contributed by atoms with van der Waals surface area (Å²) in [5, 5.41) is 2.22. The number of rotatable bonds is 3. The second kappa shape index (κ2) is 6.18. The fourth-order valence-corrected chi connectivity index (χ4v) is 4.09. The standard InChI is InChI=1S/C18H20BNO3S/c1-18(2,3)23-15(17(21)22-4)16-14(19)13-10-6-5-9-20-11(10)7-8-12(13)24-16/h5-9,15H,19H2,1-4H3. The molecule has 0 saturated heterocycles. The first kappa shape index (κ1) is 16.9. The van der Waals surface area contributed by atoms with Gasteiger partial charge in [-0.2, -0.15) is 0 Å². The average molecular weight is 341 g/mol. The van der Waals surface area contributed by atoms with Gasteiger partial charge in [-0.1, -0.05) is 11.5 Å². The summed E-state index contributed by atoms with van der Waals surface area (Å²) in [6, 6.07) is 8.06. The van der Waals surface area contributed by atoms with Crippen molar-refractivity contribution < 1.29 is 14.3 Å². The molecule has 0 amide bonds. The predicted octanol–water partition coefficient (Wildman–Crippen LogP) is 2.74. The molecular formula is C18H20BNO3S. The second-order valence-electron chi connectivity index (χ2n) is 6.73. The van der Waals surface area contributed by atoms with Crippen LogP contribution in [0.2, 0.25) is 0 Å². The van der Waals surface area contributed by atoms with Gasteiger partial charge in [0.15, 0.2) is 6.10 Å². The Kier molecular flexibility index (Phi) is 4.36. The summed E-state index contributed by atoms with van der Waals surface area (Å²) in [6.45, 7) is 5.81. The van der Waals surface area contributed by atoms with Crippen molar-refractivity contribution in [2.24, 2.45) is 0 Å². The number of hydrogen-bond acceptors (Lipinski definition) is 5. The number of thiophene rings is 1. The lowest BCUT2D eigenvalue weighted by atomic mass is 9.89. The number of carbonyl (C=O) groups is 1. The maximum atomic E-state index is 12.3. The molecule has 0 aliphatic rings. The first-order valence-electron chi connectivity index (χ1n) is 7.84. The fourth-order valence-electron chi connectivity index (χ4n) is 2.84. The minimum atomic E-state index is -0.723. The molecule has 0 bridgehead atoms. The van der Waals surface area contributed by atoms with Crippen LogP contribution in [0.5, 0.6) is 0 Å². The number of nitrogens with zero attached hydrogens (tertiary/aromatic N) is 1. The number of methoxy groups -OCH3 is 1. The lowest BCUT2D eigenvalue weighted by Gasteiger charge is -2.25. The van der Waals surface area contributed by atoms with Crippen LogP contribution in [0.3, 0.4) is 0 Å². The van der Waals surface area contributed by atoms with Gasteiger partial charge in [0.1, 0.15) is 7.85 Å². The van der Waals surface area contributed by atoms with E-state index in [0.717, 1.165) is 31.3 Å². The zero-order chi connectivity index (χ0) is 17.5. The molecule has 3 rings (SSSR count). The molecule has 124 valence electrons. The summed E-state index contributed by atoms with van der Waals surface area (Å²) >= 11 is 1.58. The Morgan fingerprint density at radius 3 is 2.71 bits per heavy atom. The quantitative estimate of drug-likeness (QED) is 0.543. The van der Waals surface area contributed by atoms with Gasteiger partial charge in [0.2, 0.25) is 0 Å². The van der Waals surface area contributed by atoms with Crippen molar-refractivity contribution in [3.05, 3.63) is 35.3 Å². The topological polar surface area (TPSA) is 48.4 Å².